The number of carbonyl (C=O) groups is 1. The molecule has 180 valence electrons. The molecule has 0 aromatic heterocycles. The molecule has 1 saturated heterocycles. The van der Waals surface area contributed by atoms with Crippen LogP contribution in [0.1, 0.15) is 41.2 Å². The highest BCUT2D eigenvalue weighted by Gasteiger charge is 2.17. The standard InChI is InChI=1S/C23H40N4O2.2CH4/c1-4-24-12-14-25(5-2)16-18-27(19-17-26(6-3)15-13-24)20-23(28)29-21-22-10-8-7-9-11-22;;/h7-11H,4-6,12-21H2,1-3H3;2*1H4. The lowest BCUT2D eigenvalue weighted by Gasteiger charge is -2.33. The second kappa shape index (κ2) is 17.1. The number of nitrogens with zero attached hydrogens (tertiary/aromatic N) is 4. The van der Waals surface area contributed by atoms with Crippen LogP contribution in [-0.2, 0) is 16.1 Å². The van der Waals surface area contributed by atoms with Crippen LogP contribution in [0.25, 0.3) is 0 Å². The Labute approximate surface area is 192 Å². The van der Waals surface area contributed by atoms with Crippen molar-refractivity contribution in [2.24, 2.45) is 0 Å². The zero-order chi connectivity index (χ0) is 20.9. The molecule has 0 saturated carbocycles. The summed E-state index contributed by atoms with van der Waals surface area (Å²) in [6.45, 7) is 18.8. The van der Waals surface area contributed by atoms with Gasteiger partial charge < -0.3 is 19.4 Å². The van der Waals surface area contributed by atoms with Crippen molar-refractivity contribution < 1.29 is 9.53 Å². The van der Waals surface area contributed by atoms with Gasteiger partial charge in [0.25, 0.3) is 0 Å². The predicted molar refractivity (Wildman–Crippen MR) is 132 cm³/mol. The lowest BCUT2D eigenvalue weighted by molar-refractivity contribution is -0.146. The minimum Gasteiger partial charge on any atom is -0.460 e. The summed E-state index contributed by atoms with van der Waals surface area (Å²) in [5, 5.41) is 0. The molecule has 0 spiro atoms. The van der Waals surface area contributed by atoms with Crippen LogP contribution in [0.4, 0.5) is 0 Å². The van der Waals surface area contributed by atoms with E-state index in [1.54, 1.807) is 0 Å². The third kappa shape index (κ3) is 11.6. The zero-order valence-corrected chi connectivity index (χ0v) is 18.7. The monoisotopic (exact) mass is 436 g/mol. The van der Waals surface area contributed by atoms with E-state index in [2.05, 4.69) is 40.4 Å². The van der Waals surface area contributed by atoms with E-state index >= 15 is 0 Å². The van der Waals surface area contributed by atoms with Gasteiger partial charge in [-0.3, -0.25) is 9.69 Å². The number of rotatable bonds is 7. The summed E-state index contributed by atoms with van der Waals surface area (Å²) in [4.78, 5) is 22.2. The Balaban J connectivity index is 0.00000450. The highest BCUT2D eigenvalue weighted by atomic mass is 16.5. The Bertz CT molecular complexity index is 550. The molecule has 6 nitrogen and oxygen atoms in total. The van der Waals surface area contributed by atoms with Gasteiger partial charge in [0.2, 0.25) is 0 Å². The van der Waals surface area contributed by atoms with Crippen molar-refractivity contribution in [1.29, 1.82) is 0 Å². The minimum atomic E-state index is -0.135. The molecule has 0 aliphatic carbocycles. The van der Waals surface area contributed by atoms with E-state index in [-0.39, 0.29) is 20.8 Å². The van der Waals surface area contributed by atoms with E-state index in [9.17, 15) is 4.79 Å². The molecule has 31 heavy (non-hydrogen) atoms. The van der Waals surface area contributed by atoms with Crippen molar-refractivity contribution in [1.82, 2.24) is 19.6 Å². The number of benzene rings is 1. The van der Waals surface area contributed by atoms with Gasteiger partial charge in [-0.1, -0.05) is 66.0 Å². The molecule has 0 radical (unpaired) electrons. The van der Waals surface area contributed by atoms with E-state index in [0.717, 1.165) is 77.6 Å². The maximum Gasteiger partial charge on any atom is 0.320 e. The Kier molecular flexibility index (Phi) is 16.3. The average molecular weight is 437 g/mol. The van der Waals surface area contributed by atoms with Gasteiger partial charge >= 0.3 is 5.97 Å². The quantitative estimate of drug-likeness (QED) is 0.611. The van der Waals surface area contributed by atoms with E-state index in [1.165, 1.54) is 0 Å². The lowest BCUT2D eigenvalue weighted by atomic mass is 10.2. The topological polar surface area (TPSA) is 39.3 Å². The highest BCUT2D eigenvalue weighted by Crippen LogP contribution is 2.03. The molecule has 2 rings (SSSR count). The third-order valence-corrected chi connectivity index (χ3v) is 5.87. The molecule has 0 bridgehead atoms. The summed E-state index contributed by atoms with van der Waals surface area (Å²) in [5.74, 6) is -0.135. The van der Waals surface area contributed by atoms with Crippen LogP contribution < -0.4 is 0 Å². The van der Waals surface area contributed by atoms with E-state index in [1.807, 2.05) is 30.3 Å². The van der Waals surface area contributed by atoms with Gasteiger partial charge in [-0.2, -0.15) is 0 Å². The summed E-state index contributed by atoms with van der Waals surface area (Å²) < 4.78 is 5.52. The smallest absolute Gasteiger partial charge is 0.320 e. The van der Waals surface area contributed by atoms with E-state index in [0.29, 0.717) is 13.2 Å². The molecule has 1 aromatic rings. The van der Waals surface area contributed by atoms with Gasteiger partial charge in [0.05, 0.1) is 6.54 Å². The maximum atomic E-state index is 12.4. The second-order valence-corrected chi connectivity index (χ2v) is 7.73. The molecule has 6 heteroatoms. The molecule has 1 fully saturated rings. The number of carbonyl (C=O) groups excluding carboxylic acids is 1. The normalized spacial score (nSPS) is 18.2. The molecule has 0 unspecified atom stereocenters. The second-order valence-electron chi connectivity index (χ2n) is 7.73. The summed E-state index contributed by atoms with van der Waals surface area (Å²) in [7, 11) is 0. The van der Waals surface area contributed by atoms with Crippen LogP contribution in [0.2, 0.25) is 0 Å². The van der Waals surface area contributed by atoms with Crippen LogP contribution >= 0.6 is 0 Å². The fourth-order valence-corrected chi connectivity index (χ4v) is 3.65. The average Bonchev–Trinajstić information content (AvgIpc) is 2.75. The first-order chi connectivity index (χ1) is 14.1. The van der Waals surface area contributed by atoms with Crippen LogP contribution in [0.5, 0.6) is 0 Å². The van der Waals surface area contributed by atoms with Crippen molar-refractivity contribution in [3.8, 4) is 0 Å². The van der Waals surface area contributed by atoms with Crippen molar-refractivity contribution >= 4 is 5.97 Å². The highest BCUT2D eigenvalue weighted by molar-refractivity contribution is 5.71. The molecule has 1 aromatic carbocycles. The SMILES string of the molecule is C.C.CCN1CCN(CC)CCN(CC(=O)OCc2ccccc2)CCN(CC)CC1. The van der Waals surface area contributed by atoms with Crippen LogP contribution in [0, 0.1) is 0 Å². The minimum absolute atomic E-state index is 0. The van der Waals surface area contributed by atoms with Crippen molar-refractivity contribution in [2.75, 3.05) is 78.5 Å². The van der Waals surface area contributed by atoms with Crippen molar-refractivity contribution in [3.63, 3.8) is 0 Å². The molecule has 1 aliphatic rings. The molecule has 0 amide bonds. The maximum absolute atomic E-state index is 12.4. The number of hydrogen-bond acceptors (Lipinski definition) is 6. The van der Waals surface area contributed by atoms with Crippen molar-refractivity contribution in [3.05, 3.63) is 35.9 Å². The predicted octanol–water partition coefficient (Wildman–Crippen LogP) is 3.28. The molecular formula is C25H48N4O2. The van der Waals surface area contributed by atoms with Gasteiger partial charge in [0, 0.05) is 52.4 Å². The van der Waals surface area contributed by atoms with E-state index in [4.69, 9.17) is 4.74 Å². The fraction of sp³-hybridized carbons (Fsp3) is 0.720. The summed E-state index contributed by atoms with van der Waals surface area (Å²) in [5.41, 5.74) is 1.03. The molecule has 1 heterocycles. The van der Waals surface area contributed by atoms with Gasteiger partial charge in [-0.15, -0.1) is 0 Å². The first kappa shape index (κ1) is 29.5. The van der Waals surface area contributed by atoms with Gasteiger partial charge in [-0.25, -0.2) is 0 Å². The van der Waals surface area contributed by atoms with Crippen LogP contribution in [0.3, 0.4) is 0 Å². The largest absolute Gasteiger partial charge is 0.460 e. The molecule has 0 N–H and O–H groups in total. The number of ether oxygens (including phenoxy) is 1. The summed E-state index contributed by atoms with van der Waals surface area (Å²) in [6.07, 6.45) is 0. The van der Waals surface area contributed by atoms with E-state index < -0.39 is 0 Å². The van der Waals surface area contributed by atoms with Crippen LogP contribution in [0.15, 0.2) is 30.3 Å². The lowest BCUT2D eigenvalue weighted by Crippen LogP contribution is -2.46. The zero-order valence-electron chi connectivity index (χ0n) is 18.7. The van der Waals surface area contributed by atoms with Crippen molar-refractivity contribution in [2.45, 2.75) is 42.2 Å². The van der Waals surface area contributed by atoms with Crippen LogP contribution in [-0.4, -0.2) is 104 Å². The Morgan fingerprint density at radius 3 is 1.48 bits per heavy atom. The van der Waals surface area contributed by atoms with Gasteiger partial charge in [0.1, 0.15) is 6.61 Å². The van der Waals surface area contributed by atoms with Gasteiger partial charge in [-0.05, 0) is 25.2 Å². The fourth-order valence-electron chi connectivity index (χ4n) is 3.65. The molecular weight excluding hydrogens is 388 g/mol. The summed E-state index contributed by atoms with van der Waals surface area (Å²) >= 11 is 0. The number of hydrogen-bond donors (Lipinski definition) is 0. The third-order valence-electron chi connectivity index (χ3n) is 5.87. The first-order valence-electron chi connectivity index (χ1n) is 11.2. The molecule has 1 aliphatic heterocycles. The number of likely N-dealkylation sites (N-methyl/N-ethyl adjacent to an activating group) is 3. The Hall–Kier alpha value is -1.47. The Morgan fingerprint density at radius 2 is 1.10 bits per heavy atom. The molecule has 0 atom stereocenters. The Morgan fingerprint density at radius 1 is 0.710 bits per heavy atom. The van der Waals surface area contributed by atoms with Gasteiger partial charge in [0.15, 0.2) is 0 Å². The first-order valence-corrected chi connectivity index (χ1v) is 11.2. The summed E-state index contributed by atoms with van der Waals surface area (Å²) in [6, 6.07) is 9.89. The number of esters is 1.